The maximum atomic E-state index is 6.34. The number of piperidine rings is 1. The summed E-state index contributed by atoms with van der Waals surface area (Å²) in [6, 6.07) is 28.1. The van der Waals surface area contributed by atoms with Crippen molar-refractivity contribution in [1.29, 1.82) is 0 Å². The highest BCUT2D eigenvalue weighted by molar-refractivity contribution is 5.83. The van der Waals surface area contributed by atoms with Gasteiger partial charge in [0.1, 0.15) is 12.4 Å². The number of hydrogen-bond acceptors (Lipinski definition) is 2. The Bertz CT molecular complexity index is 978. The molecule has 0 aromatic heterocycles. The van der Waals surface area contributed by atoms with Crippen molar-refractivity contribution in [2.45, 2.75) is 38.8 Å². The molecule has 1 aliphatic rings. The summed E-state index contributed by atoms with van der Waals surface area (Å²) >= 11 is 0. The van der Waals surface area contributed by atoms with E-state index in [0.717, 1.165) is 12.3 Å². The molecule has 154 valence electrons. The molecule has 1 fully saturated rings. The molecule has 3 aromatic rings. The van der Waals surface area contributed by atoms with Crippen LogP contribution in [0.1, 0.15) is 41.5 Å². The number of nitrogens with zero attached hydrogens (tertiary/aromatic N) is 1. The average molecular weight is 398 g/mol. The SMILES string of the molecule is Cc1ccc(OCc2ccccc2)c(/C(=C/C2CCCCN2C)c2ccccc2)c1. The smallest absolute Gasteiger partial charge is 0.127 e. The molecule has 1 aliphatic heterocycles. The van der Waals surface area contributed by atoms with E-state index in [2.05, 4.69) is 97.7 Å². The van der Waals surface area contributed by atoms with Crippen LogP contribution in [-0.2, 0) is 6.61 Å². The standard InChI is InChI=1S/C28H31NO/c1-22-16-17-28(30-21-23-11-5-3-6-12-23)27(19-22)26(24-13-7-4-8-14-24)20-25-15-9-10-18-29(25)2/h3-8,11-14,16-17,19-20,25H,9-10,15,18,21H2,1-2H3/b26-20+. The minimum atomic E-state index is 0.455. The Labute approximate surface area is 180 Å². The van der Waals surface area contributed by atoms with Crippen molar-refractivity contribution >= 4 is 5.57 Å². The molecule has 1 saturated heterocycles. The highest BCUT2D eigenvalue weighted by Gasteiger charge is 2.20. The van der Waals surface area contributed by atoms with Gasteiger partial charge in [0.2, 0.25) is 0 Å². The molecule has 4 rings (SSSR count). The average Bonchev–Trinajstić information content (AvgIpc) is 2.79. The normalized spacial score (nSPS) is 17.7. The Morgan fingerprint density at radius 3 is 2.43 bits per heavy atom. The van der Waals surface area contributed by atoms with E-state index in [1.54, 1.807) is 0 Å². The molecule has 1 heterocycles. The first-order valence-corrected chi connectivity index (χ1v) is 11.0. The summed E-state index contributed by atoms with van der Waals surface area (Å²) in [6.07, 6.45) is 6.24. The zero-order valence-electron chi connectivity index (χ0n) is 18.1. The summed E-state index contributed by atoms with van der Waals surface area (Å²) in [4.78, 5) is 2.48. The van der Waals surface area contributed by atoms with Gasteiger partial charge < -0.3 is 4.74 Å². The molecule has 0 saturated carbocycles. The summed E-state index contributed by atoms with van der Waals surface area (Å²) in [5.41, 5.74) is 6.11. The molecule has 0 N–H and O–H groups in total. The van der Waals surface area contributed by atoms with Crippen LogP contribution in [0.3, 0.4) is 0 Å². The lowest BCUT2D eigenvalue weighted by Crippen LogP contribution is -2.34. The van der Waals surface area contributed by atoms with Gasteiger partial charge in [0, 0.05) is 11.6 Å². The van der Waals surface area contributed by atoms with Gasteiger partial charge in [-0.25, -0.2) is 0 Å². The monoisotopic (exact) mass is 397 g/mol. The van der Waals surface area contributed by atoms with Crippen LogP contribution >= 0.6 is 0 Å². The molecule has 2 heteroatoms. The Balaban J connectivity index is 1.73. The van der Waals surface area contributed by atoms with Crippen molar-refractivity contribution in [3.8, 4) is 5.75 Å². The van der Waals surface area contributed by atoms with Crippen molar-refractivity contribution in [1.82, 2.24) is 4.90 Å². The molecule has 2 nitrogen and oxygen atoms in total. The van der Waals surface area contributed by atoms with Crippen LogP contribution in [0.25, 0.3) is 5.57 Å². The summed E-state index contributed by atoms with van der Waals surface area (Å²) in [6.45, 7) is 3.89. The zero-order chi connectivity index (χ0) is 20.8. The van der Waals surface area contributed by atoms with E-state index in [-0.39, 0.29) is 0 Å². The Morgan fingerprint density at radius 1 is 0.967 bits per heavy atom. The van der Waals surface area contributed by atoms with Crippen molar-refractivity contribution in [3.05, 3.63) is 107 Å². The third-order valence-corrected chi connectivity index (χ3v) is 5.93. The van der Waals surface area contributed by atoms with Gasteiger partial charge in [-0.2, -0.15) is 0 Å². The second-order valence-corrected chi connectivity index (χ2v) is 8.26. The van der Waals surface area contributed by atoms with Crippen LogP contribution in [0, 0.1) is 6.92 Å². The first-order valence-electron chi connectivity index (χ1n) is 11.0. The first-order chi connectivity index (χ1) is 14.7. The molecule has 1 atom stereocenters. The van der Waals surface area contributed by atoms with Gasteiger partial charge in [-0.15, -0.1) is 0 Å². The second-order valence-electron chi connectivity index (χ2n) is 8.26. The number of benzene rings is 3. The highest BCUT2D eigenvalue weighted by Crippen LogP contribution is 2.34. The molecule has 1 unspecified atom stereocenters. The van der Waals surface area contributed by atoms with E-state index < -0.39 is 0 Å². The largest absolute Gasteiger partial charge is 0.488 e. The minimum absolute atomic E-state index is 0.455. The van der Waals surface area contributed by atoms with Gasteiger partial charge in [-0.1, -0.05) is 84.8 Å². The van der Waals surface area contributed by atoms with Crippen molar-refractivity contribution in [2.75, 3.05) is 13.6 Å². The van der Waals surface area contributed by atoms with Gasteiger partial charge in [-0.05, 0) is 62.2 Å². The molecular weight excluding hydrogens is 366 g/mol. The Hall–Kier alpha value is -2.84. The first kappa shape index (κ1) is 20.4. The quantitative estimate of drug-likeness (QED) is 0.471. The molecule has 30 heavy (non-hydrogen) atoms. The number of likely N-dealkylation sites (tertiary alicyclic amines) is 1. The van der Waals surface area contributed by atoms with Gasteiger partial charge in [0.25, 0.3) is 0 Å². The number of rotatable bonds is 6. The van der Waals surface area contributed by atoms with Crippen molar-refractivity contribution in [3.63, 3.8) is 0 Å². The lowest BCUT2D eigenvalue weighted by atomic mass is 9.91. The maximum Gasteiger partial charge on any atom is 0.127 e. The van der Waals surface area contributed by atoms with Gasteiger partial charge >= 0.3 is 0 Å². The van der Waals surface area contributed by atoms with E-state index in [9.17, 15) is 0 Å². The van der Waals surface area contributed by atoms with E-state index >= 15 is 0 Å². The van der Waals surface area contributed by atoms with E-state index in [1.165, 1.54) is 47.1 Å². The maximum absolute atomic E-state index is 6.34. The van der Waals surface area contributed by atoms with Crippen LogP contribution in [0.15, 0.2) is 84.9 Å². The molecule has 0 bridgehead atoms. The molecule has 0 aliphatic carbocycles. The fraction of sp³-hybridized carbons (Fsp3) is 0.286. The van der Waals surface area contributed by atoms with Crippen LogP contribution in [0.4, 0.5) is 0 Å². The Kier molecular flexibility index (Phi) is 6.66. The zero-order valence-corrected chi connectivity index (χ0v) is 18.1. The van der Waals surface area contributed by atoms with Gasteiger partial charge in [-0.3, -0.25) is 4.90 Å². The number of aryl methyl sites for hydroxylation is 1. The molecule has 3 aromatic carbocycles. The molecule has 0 amide bonds. The Morgan fingerprint density at radius 2 is 1.70 bits per heavy atom. The fourth-order valence-electron chi connectivity index (χ4n) is 4.18. The lowest BCUT2D eigenvalue weighted by molar-refractivity contribution is 0.222. The van der Waals surface area contributed by atoms with E-state index in [0.29, 0.717) is 12.6 Å². The number of hydrogen-bond donors (Lipinski definition) is 0. The third kappa shape index (κ3) is 5.01. The second kappa shape index (κ2) is 9.77. The molecular formula is C28H31NO. The highest BCUT2D eigenvalue weighted by atomic mass is 16.5. The van der Waals surface area contributed by atoms with Crippen LogP contribution in [0.2, 0.25) is 0 Å². The van der Waals surface area contributed by atoms with E-state index in [4.69, 9.17) is 4.74 Å². The van der Waals surface area contributed by atoms with Crippen LogP contribution in [-0.4, -0.2) is 24.5 Å². The van der Waals surface area contributed by atoms with Gasteiger partial charge in [0.15, 0.2) is 0 Å². The number of ether oxygens (including phenoxy) is 1. The van der Waals surface area contributed by atoms with Crippen LogP contribution in [0.5, 0.6) is 5.75 Å². The van der Waals surface area contributed by atoms with Crippen molar-refractivity contribution in [2.24, 2.45) is 0 Å². The third-order valence-electron chi connectivity index (χ3n) is 5.93. The summed E-state index contributed by atoms with van der Waals surface area (Å²) in [5.74, 6) is 0.943. The minimum Gasteiger partial charge on any atom is -0.488 e. The summed E-state index contributed by atoms with van der Waals surface area (Å²) in [5, 5.41) is 0. The molecule has 0 radical (unpaired) electrons. The summed E-state index contributed by atoms with van der Waals surface area (Å²) in [7, 11) is 2.24. The van der Waals surface area contributed by atoms with Crippen LogP contribution < -0.4 is 4.74 Å². The van der Waals surface area contributed by atoms with Gasteiger partial charge in [0.05, 0.1) is 0 Å². The van der Waals surface area contributed by atoms with Crippen molar-refractivity contribution < 1.29 is 4.74 Å². The summed E-state index contributed by atoms with van der Waals surface area (Å²) < 4.78 is 6.34. The predicted octanol–water partition coefficient (Wildman–Crippen LogP) is 6.49. The lowest BCUT2D eigenvalue weighted by Gasteiger charge is -2.31. The van der Waals surface area contributed by atoms with E-state index in [1.807, 2.05) is 6.07 Å². The fourth-order valence-corrected chi connectivity index (χ4v) is 4.18. The number of likely N-dealkylation sites (N-methyl/N-ethyl adjacent to an activating group) is 1. The topological polar surface area (TPSA) is 12.5 Å². The predicted molar refractivity (Wildman–Crippen MR) is 126 cm³/mol. The molecule has 0 spiro atoms.